The highest BCUT2D eigenvalue weighted by Gasteiger charge is 2.32. The van der Waals surface area contributed by atoms with E-state index in [0.29, 0.717) is 9.04 Å². The predicted octanol–water partition coefficient (Wildman–Crippen LogP) is 4.27. The Morgan fingerprint density at radius 1 is 1.35 bits per heavy atom. The number of benzene rings is 1. The second-order valence-electron chi connectivity index (χ2n) is 4.58. The van der Waals surface area contributed by atoms with E-state index in [9.17, 15) is 18.0 Å². The Bertz CT molecular complexity index is 664. The van der Waals surface area contributed by atoms with Gasteiger partial charge < -0.3 is 5.11 Å². The number of rotatable bonds is 3. The van der Waals surface area contributed by atoms with Gasteiger partial charge in [0.1, 0.15) is 4.75 Å². The Kier molecular flexibility index (Phi) is 3.72. The molecule has 1 aromatic carbocycles. The van der Waals surface area contributed by atoms with Gasteiger partial charge in [-0.25, -0.2) is 4.98 Å². The van der Waals surface area contributed by atoms with E-state index in [2.05, 4.69) is 4.98 Å². The van der Waals surface area contributed by atoms with Gasteiger partial charge in [-0.2, -0.15) is 13.2 Å². The molecule has 8 heteroatoms. The number of carbonyl (C=O) groups is 1. The third kappa shape index (κ3) is 3.06. The number of alkyl halides is 3. The van der Waals surface area contributed by atoms with Gasteiger partial charge >= 0.3 is 12.1 Å². The molecular formula is C12H10F3NO2S2. The number of carboxylic acids is 1. The Morgan fingerprint density at radius 2 is 2.00 bits per heavy atom. The third-order valence-corrected chi connectivity index (χ3v) is 4.83. The molecule has 0 spiro atoms. The second-order valence-corrected chi connectivity index (χ2v) is 7.48. The first kappa shape index (κ1) is 15.1. The summed E-state index contributed by atoms with van der Waals surface area (Å²) in [5.41, 5.74) is -0.530. The van der Waals surface area contributed by atoms with Crippen LogP contribution in [-0.4, -0.2) is 20.8 Å². The highest BCUT2D eigenvalue weighted by molar-refractivity contribution is 8.03. The van der Waals surface area contributed by atoms with Crippen molar-refractivity contribution in [2.75, 3.05) is 0 Å². The van der Waals surface area contributed by atoms with Gasteiger partial charge in [0.2, 0.25) is 0 Å². The number of nitrogens with zero attached hydrogens (tertiary/aromatic N) is 1. The van der Waals surface area contributed by atoms with Crippen LogP contribution < -0.4 is 0 Å². The van der Waals surface area contributed by atoms with Crippen molar-refractivity contribution in [3.8, 4) is 0 Å². The van der Waals surface area contributed by atoms with Gasteiger partial charge in [-0.05, 0) is 32.0 Å². The normalized spacial score (nSPS) is 12.8. The zero-order chi connectivity index (χ0) is 15.1. The van der Waals surface area contributed by atoms with Crippen molar-refractivity contribution in [1.82, 2.24) is 4.98 Å². The van der Waals surface area contributed by atoms with Crippen LogP contribution in [0.4, 0.5) is 13.2 Å². The minimum atomic E-state index is -4.41. The van der Waals surface area contributed by atoms with Crippen LogP contribution in [0.5, 0.6) is 0 Å². The van der Waals surface area contributed by atoms with Crippen LogP contribution in [0.3, 0.4) is 0 Å². The monoisotopic (exact) mass is 321 g/mol. The minimum absolute atomic E-state index is 0.230. The number of aromatic nitrogens is 1. The van der Waals surface area contributed by atoms with Crippen molar-refractivity contribution in [3.05, 3.63) is 23.8 Å². The molecule has 20 heavy (non-hydrogen) atoms. The van der Waals surface area contributed by atoms with Gasteiger partial charge in [0.15, 0.2) is 4.34 Å². The molecule has 0 bridgehead atoms. The molecule has 2 rings (SSSR count). The van der Waals surface area contributed by atoms with Crippen molar-refractivity contribution < 1.29 is 23.1 Å². The second kappa shape index (κ2) is 4.92. The van der Waals surface area contributed by atoms with E-state index in [0.717, 1.165) is 23.9 Å². The maximum Gasteiger partial charge on any atom is 0.416 e. The van der Waals surface area contributed by atoms with E-state index in [1.54, 1.807) is 0 Å². The summed E-state index contributed by atoms with van der Waals surface area (Å²) in [5.74, 6) is -1.00. The number of hydrogen-bond acceptors (Lipinski definition) is 4. The number of halogens is 3. The number of fused-ring (bicyclic) bond motifs is 1. The molecule has 108 valence electrons. The summed E-state index contributed by atoms with van der Waals surface area (Å²) in [6.07, 6.45) is -4.41. The fourth-order valence-corrected chi connectivity index (χ4v) is 3.79. The molecule has 0 aliphatic heterocycles. The molecule has 0 unspecified atom stereocenters. The topological polar surface area (TPSA) is 50.2 Å². The number of hydrogen-bond donors (Lipinski definition) is 1. The molecule has 0 saturated carbocycles. The van der Waals surface area contributed by atoms with E-state index in [4.69, 9.17) is 5.11 Å². The lowest BCUT2D eigenvalue weighted by Crippen LogP contribution is -2.26. The lowest BCUT2D eigenvalue weighted by molar-refractivity contribution is -0.139. The van der Waals surface area contributed by atoms with E-state index in [1.807, 2.05) is 0 Å². The summed E-state index contributed by atoms with van der Waals surface area (Å²) < 4.78 is 37.7. The Labute approximate surface area is 120 Å². The molecule has 1 heterocycles. The zero-order valence-corrected chi connectivity index (χ0v) is 12.1. The van der Waals surface area contributed by atoms with Crippen LogP contribution in [0.15, 0.2) is 22.5 Å². The lowest BCUT2D eigenvalue weighted by Gasteiger charge is -2.15. The molecule has 0 aliphatic carbocycles. The van der Waals surface area contributed by atoms with E-state index >= 15 is 0 Å². The molecule has 0 aliphatic rings. The number of thioether (sulfide) groups is 1. The first-order valence-electron chi connectivity index (χ1n) is 5.50. The molecular weight excluding hydrogens is 311 g/mol. The van der Waals surface area contributed by atoms with Crippen molar-refractivity contribution in [2.45, 2.75) is 29.1 Å². The van der Waals surface area contributed by atoms with Crippen LogP contribution in [0.2, 0.25) is 0 Å². The smallest absolute Gasteiger partial charge is 0.416 e. The standard InChI is InChI=1S/C12H10F3NO2S2/c1-11(2,9(17)18)20-10-16-7-5-6(12(13,14)15)3-4-8(7)19-10/h3-5H,1-2H3,(H,17,18). The molecule has 0 atom stereocenters. The molecule has 2 aromatic rings. The summed E-state index contributed by atoms with van der Waals surface area (Å²) in [5, 5.41) is 9.04. The molecule has 0 saturated heterocycles. The SMILES string of the molecule is CC(C)(Sc1nc2cc(C(F)(F)F)ccc2s1)C(=O)O. The van der Waals surface area contributed by atoms with Gasteiger partial charge in [0.05, 0.1) is 15.8 Å². The minimum Gasteiger partial charge on any atom is -0.480 e. The molecule has 0 radical (unpaired) electrons. The van der Waals surface area contributed by atoms with E-state index in [-0.39, 0.29) is 5.52 Å². The maximum atomic E-state index is 12.6. The van der Waals surface area contributed by atoms with Gasteiger partial charge in [-0.15, -0.1) is 11.3 Å². The largest absolute Gasteiger partial charge is 0.480 e. The number of thiazole rings is 1. The summed E-state index contributed by atoms with van der Waals surface area (Å²) in [7, 11) is 0. The molecule has 1 N–H and O–H groups in total. The fourth-order valence-electron chi connectivity index (χ4n) is 1.39. The van der Waals surface area contributed by atoms with Gasteiger partial charge in [-0.1, -0.05) is 11.8 Å². The van der Waals surface area contributed by atoms with Crippen molar-refractivity contribution in [2.24, 2.45) is 0 Å². The quantitative estimate of drug-likeness (QED) is 0.858. The predicted molar refractivity (Wildman–Crippen MR) is 72.2 cm³/mol. The van der Waals surface area contributed by atoms with E-state index < -0.39 is 22.5 Å². The van der Waals surface area contributed by atoms with Gasteiger partial charge in [0.25, 0.3) is 0 Å². The average molecular weight is 321 g/mol. The van der Waals surface area contributed by atoms with Gasteiger partial charge in [-0.3, -0.25) is 4.79 Å². The van der Waals surface area contributed by atoms with Gasteiger partial charge in [0, 0.05) is 0 Å². The van der Waals surface area contributed by atoms with Crippen molar-refractivity contribution in [3.63, 3.8) is 0 Å². The Hall–Kier alpha value is -1.28. The zero-order valence-electron chi connectivity index (χ0n) is 10.5. The van der Waals surface area contributed by atoms with Crippen LogP contribution in [0.1, 0.15) is 19.4 Å². The Balaban J connectivity index is 2.37. The summed E-state index contributed by atoms with van der Waals surface area (Å²) in [4.78, 5) is 15.1. The fraction of sp³-hybridized carbons (Fsp3) is 0.333. The molecule has 3 nitrogen and oxygen atoms in total. The van der Waals surface area contributed by atoms with Crippen molar-refractivity contribution in [1.29, 1.82) is 0 Å². The number of aliphatic carboxylic acids is 1. The van der Waals surface area contributed by atoms with Crippen LogP contribution in [0, 0.1) is 0 Å². The molecule has 0 amide bonds. The van der Waals surface area contributed by atoms with E-state index in [1.165, 1.54) is 31.3 Å². The Morgan fingerprint density at radius 3 is 2.55 bits per heavy atom. The maximum absolute atomic E-state index is 12.6. The van der Waals surface area contributed by atoms with Crippen LogP contribution in [0.25, 0.3) is 10.2 Å². The highest BCUT2D eigenvalue weighted by atomic mass is 32.2. The first-order valence-corrected chi connectivity index (χ1v) is 7.13. The van der Waals surface area contributed by atoms with Crippen LogP contribution >= 0.6 is 23.1 Å². The van der Waals surface area contributed by atoms with Crippen LogP contribution in [-0.2, 0) is 11.0 Å². The first-order chi connectivity index (χ1) is 9.09. The molecule has 0 fully saturated rings. The summed E-state index contributed by atoms with van der Waals surface area (Å²) >= 11 is 2.20. The summed E-state index contributed by atoms with van der Waals surface area (Å²) in [6, 6.07) is 3.33. The molecule has 1 aromatic heterocycles. The highest BCUT2D eigenvalue weighted by Crippen LogP contribution is 2.39. The lowest BCUT2D eigenvalue weighted by atomic mass is 10.2. The van der Waals surface area contributed by atoms with Crippen molar-refractivity contribution >= 4 is 39.3 Å². The average Bonchev–Trinajstić information content (AvgIpc) is 2.67. The summed E-state index contributed by atoms with van der Waals surface area (Å²) in [6.45, 7) is 3.04. The third-order valence-electron chi connectivity index (χ3n) is 2.55. The number of carboxylic acid groups (broad SMARTS) is 1.